The lowest BCUT2D eigenvalue weighted by molar-refractivity contribution is -0.144. The summed E-state index contributed by atoms with van der Waals surface area (Å²) in [6.45, 7) is 13.0. The Morgan fingerprint density at radius 1 is 1.40 bits per heavy atom. The van der Waals surface area contributed by atoms with Gasteiger partial charge < -0.3 is 9.53 Å². The van der Waals surface area contributed by atoms with Gasteiger partial charge in [0.25, 0.3) is 0 Å². The third-order valence-corrected chi connectivity index (χ3v) is 11.2. The highest BCUT2D eigenvalue weighted by Crippen LogP contribution is 2.66. The lowest BCUT2D eigenvalue weighted by Crippen LogP contribution is -2.39. The fourth-order valence-corrected chi connectivity index (χ4v) is 6.44. The molecule has 1 aromatic carbocycles. The molecule has 1 aliphatic carbocycles. The van der Waals surface area contributed by atoms with Crippen LogP contribution in [-0.2, 0) is 9.53 Å². The van der Waals surface area contributed by atoms with Crippen molar-refractivity contribution in [3.05, 3.63) is 29.3 Å². The molecule has 0 radical (unpaired) electrons. The number of hydrogen-bond acceptors (Lipinski definition) is 4. The normalized spacial score (nSPS) is 26.0. The van der Waals surface area contributed by atoms with Crippen LogP contribution in [0.2, 0.25) is 18.1 Å². The van der Waals surface area contributed by atoms with Crippen molar-refractivity contribution in [1.82, 2.24) is 0 Å². The monoisotopic (exact) mass is 378 g/mol. The van der Waals surface area contributed by atoms with Crippen LogP contribution >= 0.6 is 11.8 Å². The van der Waals surface area contributed by atoms with Crippen LogP contribution in [0.5, 0.6) is 0 Å². The highest BCUT2D eigenvalue weighted by atomic mass is 32.2. The van der Waals surface area contributed by atoms with E-state index in [0.29, 0.717) is 23.7 Å². The average molecular weight is 379 g/mol. The second-order valence-electron chi connectivity index (χ2n) is 8.69. The largest absolute Gasteiger partial charge is 0.466 e. The van der Waals surface area contributed by atoms with Gasteiger partial charge in [-0.2, -0.15) is 0 Å². The minimum absolute atomic E-state index is 0.0301. The van der Waals surface area contributed by atoms with E-state index in [4.69, 9.17) is 4.74 Å². The maximum absolute atomic E-state index is 12.2. The van der Waals surface area contributed by atoms with E-state index < -0.39 is 8.32 Å². The van der Waals surface area contributed by atoms with Gasteiger partial charge in [0.2, 0.25) is 0 Å². The van der Waals surface area contributed by atoms with Crippen LogP contribution in [0.4, 0.5) is 0 Å². The molecule has 1 heterocycles. The molecule has 4 unspecified atom stereocenters. The van der Waals surface area contributed by atoms with E-state index in [1.807, 2.05) is 31.8 Å². The van der Waals surface area contributed by atoms with Crippen molar-refractivity contribution in [3.8, 4) is 0 Å². The summed E-state index contributed by atoms with van der Waals surface area (Å²) in [5.74, 6) is 0.677. The molecule has 25 heavy (non-hydrogen) atoms. The standard InChI is InChI=1S/C20H30O3SSi/c1-7-23-19(21)17-16-15-13(9-8-10-14(15)24-18(16)17)12(2)11-20(3,4)25(5,6)22/h8-10,12,16-18,22H,7,11H2,1-6H3. The van der Waals surface area contributed by atoms with Gasteiger partial charge in [-0.15, -0.1) is 11.8 Å². The van der Waals surface area contributed by atoms with Gasteiger partial charge in [0, 0.05) is 16.1 Å². The van der Waals surface area contributed by atoms with E-state index in [1.54, 1.807) is 0 Å². The zero-order valence-corrected chi connectivity index (χ0v) is 17.9. The van der Waals surface area contributed by atoms with E-state index in [0.717, 1.165) is 6.42 Å². The zero-order valence-electron chi connectivity index (χ0n) is 16.1. The van der Waals surface area contributed by atoms with Crippen molar-refractivity contribution in [2.24, 2.45) is 5.92 Å². The molecule has 0 amide bonds. The quantitative estimate of drug-likeness (QED) is 0.564. The molecule has 3 rings (SSSR count). The Hall–Kier alpha value is -0.783. The number of hydrogen-bond donors (Lipinski definition) is 1. The average Bonchev–Trinajstić information content (AvgIpc) is 3.07. The molecule has 1 N–H and O–H groups in total. The van der Waals surface area contributed by atoms with E-state index in [9.17, 15) is 9.59 Å². The first-order chi connectivity index (χ1) is 11.6. The fourth-order valence-electron chi connectivity index (χ4n) is 4.01. The summed E-state index contributed by atoms with van der Waals surface area (Å²) in [5.41, 5.74) is 2.73. The predicted molar refractivity (Wildman–Crippen MR) is 106 cm³/mol. The summed E-state index contributed by atoms with van der Waals surface area (Å²) in [6, 6.07) is 6.53. The Bertz CT molecular complexity index is 680. The summed E-state index contributed by atoms with van der Waals surface area (Å²) in [6.07, 6.45) is 0.964. The van der Waals surface area contributed by atoms with Crippen molar-refractivity contribution >= 4 is 26.0 Å². The van der Waals surface area contributed by atoms with Crippen molar-refractivity contribution in [3.63, 3.8) is 0 Å². The molecule has 1 fully saturated rings. The van der Waals surface area contributed by atoms with Crippen LogP contribution in [0.1, 0.15) is 57.1 Å². The molecule has 0 aromatic heterocycles. The number of carbonyl (C=O) groups is 1. The molecular weight excluding hydrogens is 348 g/mol. The molecular formula is C20H30O3SSi. The van der Waals surface area contributed by atoms with Crippen molar-refractivity contribution < 1.29 is 14.3 Å². The van der Waals surface area contributed by atoms with Crippen molar-refractivity contribution in [1.29, 1.82) is 0 Å². The minimum Gasteiger partial charge on any atom is -0.466 e. The Kier molecular flexibility index (Phi) is 4.88. The van der Waals surface area contributed by atoms with Crippen LogP contribution in [0.15, 0.2) is 23.1 Å². The predicted octanol–water partition coefficient (Wildman–Crippen LogP) is 4.91. The summed E-state index contributed by atoms with van der Waals surface area (Å²) < 4.78 is 5.26. The summed E-state index contributed by atoms with van der Waals surface area (Å²) in [5, 5.41) is 0.309. The molecule has 0 saturated heterocycles. The summed E-state index contributed by atoms with van der Waals surface area (Å²) in [7, 11) is -2.23. The van der Waals surface area contributed by atoms with Gasteiger partial charge in [0.15, 0.2) is 8.32 Å². The molecule has 2 aliphatic rings. The highest BCUT2D eigenvalue weighted by molar-refractivity contribution is 8.00. The first-order valence-corrected chi connectivity index (χ1v) is 13.1. The Labute approximate surface area is 156 Å². The van der Waals surface area contributed by atoms with Crippen LogP contribution in [0.3, 0.4) is 0 Å². The van der Waals surface area contributed by atoms with Crippen LogP contribution in [0, 0.1) is 5.92 Å². The Morgan fingerprint density at radius 3 is 2.68 bits per heavy atom. The first-order valence-electron chi connectivity index (χ1n) is 9.27. The second-order valence-corrected chi connectivity index (χ2v) is 14.4. The zero-order chi connectivity index (χ0) is 18.6. The van der Waals surface area contributed by atoms with E-state index >= 15 is 0 Å². The molecule has 0 bridgehead atoms. The number of benzene rings is 1. The maximum Gasteiger partial charge on any atom is 0.310 e. The van der Waals surface area contributed by atoms with Gasteiger partial charge >= 0.3 is 5.97 Å². The van der Waals surface area contributed by atoms with Crippen molar-refractivity contribution in [2.75, 3.05) is 6.61 Å². The lowest BCUT2D eigenvalue weighted by Gasteiger charge is -2.37. The number of rotatable bonds is 6. The number of ether oxygens (including phenoxy) is 1. The maximum atomic E-state index is 12.2. The SMILES string of the molecule is CCOC(=O)C1C2Sc3cccc(C(C)CC(C)(C)[Si](C)(C)O)c3C21. The lowest BCUT2D eigenvalue weighted by atomic mass is 9.86. The van der Waals surface area contributed by atoms with E-state index in [-0.39, 0.29) is 16.9 Å². The van der Waals surface area contributed by atoms with Gasteiger partial charge in [-0.1, -0.05) is 32.9 Å². The second kappa shape index (κ2) is 6.43. The molecule has 1 aromatic rings. The Morgan fingerprint density at radius 2 is 2.08 bits per heavy atom. The number of thioether (sulfide) groups is 1. The molecule has 4 atom stereocenters. The molecule has 1 aliphatic heterocycles. The van der Waals surface area contributed by atoms with Crippen LogP contribution in [0.25, 0.3) is 0 Å². The summed E-state index contributed by atoms with van der Waals surface area (Å²) in [4.78, 5) is 24.2. The van der Waals surface area contributed by atoms with Gasteiger partial charge in [0.1, 0.15) is 0 Å². The fraction of sp³-hybridized carbons (Fsp3) is 0.650. The van der Waals surface area contributed by atoms with Crippen molar-refractivity contribution in [2.45, 2.75) is 74.2 Å². The smallest absolute Gasteiger partial charge is 0.310 e. The summed E-state index contributed by atoms with van der Waals surface area (Å²) >= 11 is 1.84. The highest BCUT2D eigenvalue weighted by Gasteiger charge is 2.62. The molecule has 0 spiro atoms. The molecule has 3 nitrogen and oxygen atoms in total. The molecule has 5 heteroatoms. The number of esters is 1. The number of fused-ring (bicyclic) bond motifs is 3. The molecule has 138 valence electrons. The topological polar surface area (TPSA) is 46.5 Å². The van der Waals surface area contributed by atoms with Gasteiger partial charge in [-0.3, -0.25) is 4.79 Å². The van der Waals surface area contributed by atoms with Gasteiger partial charge in [0.05, 0.1) is 12.5 Å². The van der Waals surface area contributed by atoms with Crippen LogP contribution < -0.4 is 0 Å². The van der Waals surface area contributed by atoms with E-state index in [1.165, 1.54) is 16.0 Å². The Balaban J connectivity index is 1.84. The minimum atomic E-state index is -2.23. The van der Waals surface area contributed by atoms with E-state index in [2.05, 4.69) is 39.0 Å². The first kappa shape index (κ1) is 19.0. The van der Waals surface area contributed by atoms with Gasteiger partial charge in [-0.25, -0.2) is 0 Å². The van der Waals surface area contributed by atoms with Gasteiger partial charge in [-0.05, 0) is 54.6 Å². The van der Waals surface area contributed by atoms with Crippen LogP contribution in [-0.4, -0.2) is 30.9 Å². The molecule has 1 saturated carbocycles. The number of carbonyl (C=O) groups excluding carboxylic acids is 1. The third-order valence-electron chi connectivity index (χ3n) is 6.21. The third kappa shape index (κ3) is 3.31.